The molecule has 2 aromatic rings. The van der Waals surface area contributed by atoms with Crippen molar-refractivity contribution in [1.82, 2.24) is 15.2 Å². The van der Waals surface area contributed by atoms with Crippen LogP contribution in [0.3, 0.4) is 0 Å². The van der Waals surface area contributed by atoms with E-state index in [-0.39, 0.29) is 11.8 Å². The summed E-state index contributed by atoms with van der Waals surface area (Å²) in [6.45, 7) is 7.48. The van der Waals surface area contributed by atoms with Gasteiger partial charge in [-0.2, -0.15) is 5.10 Å². The van der Waals surface area contributed by atoms with Crippen LogP contribution in [0.4, 0.5) is 10.9 Å². The SMILES string of the molecule is Cc1ccc(N2CCCC(C(=O)Nc3nc(C)c(C)s3)C2)nn1. The Balaban J connectivity index is 1.65. The van der Waals surface area contributed by atoms with Crippen molar-refractivity contribution >= 4 is 28.2 Å². The van der Waals surface area contributed by atoms with E-state index in [1.165, 1.54) is 11.3 Å². The van der Waals surface area contributed by atoms with Gasteiger partial charge in [-0.25, -0.2) is 4.98 Å². The highest BCUT2D eigenvalue weighted by atomic mass is 32.1. The predicted molar refractivity (Wildman–Crippen MR) is 91.9 cm³/mol. The van der Waals surface area contributed by atoms with E-state index < -0.39 is 0 Å². The molecule has 7 heteroatoms. The van der Waals surface area contributed by atoms with Gasteiger partial charge in [0, 0.05) is 18.0 Å². The molecular formula is C16H21N5OS. The third kappa shape index (κ3) is 3.67. The summed E-state index contributed by atoms with van der Waals surface area (Å²) in [5.74, 6) is 0.842. The van der Waals surface area contributed by atoms with Crippen LogP contribution in [0.15, 0.2) is 12.1 Å². The van der Waals surface area contributed by atoms with Gasteiger partial charge in [-0.05, 0) is 45.7 Å². The van der Waals surface area contributed by atoms with E-state index in [0.29, 0.717) is 11.7 Å². The molecule has 1 amide bonds. The number of carbonyl (C=O) groups excluding carboxylic acids is 1. The molecule has 1 fully saturated rings. The molecule has 3 rings (SSSR count). The highest BCUT2D eigenvalue weighted by molar-refractivity contribution is 7.15. The van der Waals surface area contributed by atoms with Crippen LogP contribution in [-0.2, 0) is 4.79 Å². The number of amides is 1. The van der Waals surface area contributed by atoms with Gasteiger partial charge in [-0.1, -0.05) is 0 Å². The molecule has 0 radical (unpaired) electrons. The number of thiazole rings is 1. The van der Waals surface area contributed by atoms with Crippen molar-refractivity contribution in [1.29, 1.82) is 0 Å². The highest BCUT2D eigenvalue weighted by Gasteiger charge is 2.27. The van der Waals surface area contributed by atoms with Crippen molar-refractivity contribution in [3.63, 3.8) is 0 Å². The van der Waals surface area contributed by atoms with E-state index in [0.717, 1.165) is 41.5 Å². The van der Waals surface area contributed by atoms with Crippen LogP contribution in [0.25, 0.3) is 0 Å². The summed E-state index contributed by atoms with van der Waals surface area (Å²) in [6, 6.07) is 3.92. The molecular weight excluding hydrogens is 310 g/mol. The second-order valence-electron chi connectivity index (χ2n) is 5.97. The molecule has 1 unspecified atom stereocenters. The van der Waals surface area contributed by atoms with Crippen LogP contribution in [0, 0.1) is 26.7 Å². The Morgan fingerprint density at radius 3 is 2.78 bits per heavy atom. The Morgan fingerprint density at radius 1 is 1.30 bits per heavy atom. The first-order valence-corrected chi connectivity index (χ1v) is 8.65. The lowest BCUT2D eigenvalue weighted by Crippen LogP contribution is -2.41. The van der Waals surface area contributed by atoms with E-state index in [1.807, 2.05) is 32.9 Å². The summed E-state index contributed by atoms with van der Waals surface area (Å²) < 4.78 is 0. The smallest absolute Gasteiger partial charge is 0.231 e. The number of nitrogens with one attached hydrogen (secondary N) is 1. The van der Waals surface area contributed by atoms with Crippen molar-refractivity contribution in [2.45, 2.75) is 33.6 Å². The fourth-order valence-electron chi connectivity index (χ4n) is 2.69. The van der Waals surface area contributed by atoms with Gasteiger partial charge in [0.1, 0.15) is 0 Å². The van der Waals surface area contributed by atoms with Crippen LogP contribution >= 0.6 is 11.3 Å². The number of aryl methyl sites for hydroxylation is 3. The Morgan fingerprint density at radius 2 is 2.13 bits per heavy atom. The van der Waals surface area contributed by atoms with E-state index in [4.69, 9.17) is 0 Å². The van der Waals surface area contributed by atoms with Gasteiger partial charge in [-0.15, -0.1) is 16.4 Å². The summed E-state index contributed by atoms with van der Waals surface area (Å²) in [7, 11) is 0. The Labute approximate surface area is 140 Å². The van der Waals surface area contributed by atoms with Gasteiger partial charge in [-0.3, -0.25) is 4.79 Å². The van der Waals surface area contributed by atoms with Gasteiger partial charge in [0.2, 0.25) is 5.91 Å². The third-order valence-electron chi connectivity index (χ3n) is 4.16. The van der Waals surface area contributed by atoms with Crippen LogP contribution in [0.1, 0.15) is 29.1 Å². The van der Waals surface area contributed by atoms with Gasteiger partial charge >= 0.3 is 0 Å². The molecule has 0 bridgehead atoms. The normalized spacial score (nSPS) is 18.0. The highest BCUT2D eigenvalue weighted by Crippen LogP contribution is 2.25. The van der Waals surface area contributed by atoms with E-state index in [1.54, 1.807) is 0 Å². The van der Waals surface area contributed by atoms with Crippen molar-refractivity contribution < 1.29 is 4.79 Å². The Kier molecular flexibility index (Phi) is 4.56. The minimum absolute atomic E-state index is 0.0449. The topological polar surface area (TPSA) is 71.0 Å². The van der Waals surface area contributed by atoms with Crippen LogP contribution < -0.4 is 10.2 Å². The summed E-state index contributed by atoms with van der Waals surface area (Å²) in [6.07, 6.45) is 1.87. The first kappa shape index (κ1) is 15.9. The fraction of sp³-hybridized carbons (Fsp3) is 0.500. The van der Waals surface area contributed by atoms with Crippen molar-refractivity contribution in [3.8, 4) is 0 Å². The number of aromatic nitrogens is 3. The average Bonchev–Trinajstić information content (AvgIpc) is 2.86. The monoisotopic (exact) mass is 331 g/mol. The van der Waals surface area contributed by atoms with Crippen molar-refractivity contribution in [2.24, 2.45) is 5.92 Å². The molecule has 1 N–H and O–H groups in total. The zero-order valence-electron chi connectivity index (χ0n) is 13.7. The number of nitrogens with zero attached hydrogens (tertiary/aromatic N) is 4. The summed E-state index contributed by atoms with van der Waals surface area (Å²) >= 11 is 1.53. The molecule has 0 aromatic carbocycles. The molecule has 122 valence electrons. The van der Waals surface area contributed by atoms with Gasteiger partial charge in [0.15, 0.2) is 10.9 Å². The summed E-state index contributed by atoms with van der Waals surface area (Å²) in [4.78, 5) is 20.2. The maximum Gasteiger partial charge on any atom is 0.231 e. The number of piperidine rings is 1. The minimum Gasteiger partial charge on any atom is -0.354 e. The predicted octanol–water partition coefficient (Wildman–Crippen LogP) is 2.71. The van der Waals surface area contributed by atoms with Crippen molar-refractivity contribution in [3.05, 3.63) is 28.4 Å². The van der Waals surface area contributed by atoms with Gasteiger partial charge < -0.3 is 10.2 Å². The second-order valence-corrected chi connectivity index (χ2v) is 7.17. The molecule has 1 aliphatic heterocycles. The molecule has 1 aliphatic rings. The number of anilines is 2. The number of carbonyl (C=O) groups is 1. The maximum atomic E-state index is 12.5. The molecule has 0 aliphatic carbocycles. The molecule has 0 saturated carbocycles. The van der Waals surface area contributed by atoms with Gasteiger partial charge in [0.25, 0.3) is 0 Å². The second kappa shape index (κ2) is 6.62. The number of hydrogen-bond donors (Lipinski definition) is 1. The summed E-state index contributed by atoms with van der Waals surface area (Å²) in [5.41, 5.74) is 1.88. The third-order valence-corrected chi connectivity index (χ3v) is 5.15. The van der Waals surface area contributed by atoms with E-state index >= 15 is 0 Å². The molecule has 2 aromatic heterocycles. The fourth-order valence-corrected chi connectivity index (χ4v) is 3.51. The lowest BCUT2D eigenvalue weighted by atomic mass is 9.97. The minimum atomic E-state index is -0.0450. The largest absolute Gasteiger partial charge is 0.354 e. The molecule has 1 atom stereocenters. The van der Waals surface area contributed by atoms with Crippen LogP contribution in [0.2, 0.25) is 0 Å². The molecule has 6 nitrogen and oxygen atoms in total. The number of rotatable bonds is 3. The maximum absolute atomic E-state index is 12.5. The number of hydrogen-bond acceptors (Lipinski definition) is 6. The van der Waals surface area contributed by atoms with Crippen LogP contribution in [-0.4, -0.2) is 34.2 Å². The molecule has 3 heterocycles. The Hall–Kier alpha value is -2.02. The standard InChI is InChI=1S/C16H21N5OS/c1-10-6-7-14(20-19-10)21-8-4-5-13(9-21)15(22)18-16-17-11(2)12(3)23-16/h6-7,13H,4-5,8-9H2,1-3H3,(H,17,18,22). The molecule has 0 spiro atoms. The molecule has 1 saturated heterocycles. The van der Waals surface area contributed by atoms with Crippen molar-refractivity contribution in [2.75, 3.05) is 23.3 Å². The average molecular weight is 331 g/mol. The zero-order chi connectivity index (χ0) is 16.4. The summed E-state index contributed by atoms with van der Waals surface area (Å²) in [5, 5.41) is 12.0. The first-order chi connectivity index (χ1) is 11.0. The lowest BCUT2D eigenvalue weighted by Gasteiger charge is -2.32. The van der Waals surface area contributed by atoms with Gasteiger partial charge in [0.05, 0.1) is 17.3 Å². The molecule has 23 heavy (non-hydrogen) atoms. The first-order valence-electron chi connectivity index (χ1n) is 7.83. The van der Waals surface area contributed by atoms with E-state index in [2.05, 4.69) is 25.4 Å². The Bertz CT molecular complexity index is 677. The van der Waals surface area contributed by atoms with Crippen LogP contribution in [0.5, 0.6) is 0 Å². The van der Waals surface area contributed by atoms with E-state index in [9.17, 15) is 4.79 Å². The quantitative estimate of drug-likeness (QED) is 0.936. The lowest BCUT2D eigenvalue weighted by molar-refractivity contribution is -0.120. The zero-order valence-corrected chi connectivity index (χ0v) is 14.5.